The summed E-state index contributed by atoms with van der Waals surface area (Å²) in [5, 5.41) is 10.4. The van der Waals surface area contributed by atoms with E-state index in [1.807, 2.05) is 6.92 Å². The highest BCUT2D eigenvalue weighted by molar-refractivity contribution is 5.78. The molecule has 6 heteroatoms. The van der Waals surface area contributed by atoms with Crippen molar-refractivity contribution in [3.05, 3.63) is 12.4 Å². The highest BCUT2D eigenvalue weighted by atomic mass is 16.1. The molecule has 0 aliphatic carbocycles. The van der Waals surface area contributed by atoms with Crippen LogP contribution >= 0.6 is 0 Å². The molecule has 0 fully saturated rings. The standard InChI is InChI=1S/C10H19N5O/c1-9(3-4-11)10(16)12-5-2-7-15-8-6-13-14-15/h6,8-9H,2-5,7,11H2,1H3,(H,12,16). The number of nitrogens with one attached hydrogen (secondary N) is 1. The van der Waals surface area contributed by atoms with Crippen molar-refractivity contribution in [3.63, 3.8) is 0 Å². The quantitative estimate of drug-likeness (QED) is 0.628. The van der Waals surface area contributed by atoms with Gasteiger partial charge in [-0.25, -0.2) is 0 Å². The van der Waals surface area contributed by atoms with Gasteiger partial charge in [0.2, 0.25) is 5.91 Å². The lowest BCUT2D eigenvalue weighted by Crippen LogP contribution is -2.31. The van der Waals surface area contributed by atoms with Crippen molar-refractivity contribution in [2.24, 2.45) is 11.7 Å². The van der Waals surface area contributed by atoms with Gasteiger partial charge in [-0.3, -0.25) is 9.48 Å². The number of amides is 1. The summed E-state index contributed by atoms with van der Waals surface area (Å²) in [6.07, 6.45) is 5.03. The van der Waals surface area contributed by atoms with Crippen molar-refractivity contribution in [1.82, 2.24) is 20.3 Å². The second-order valence-corrected chi connectivity index (χ2v) is 3.79. The molecule has 0 saturated carbocycles. The van der Waals surface area contributed by atoms with Crippen LogP contribution in [-0.2, 0) is 11.3 Å². The Kier molecular flexibility index (Phi) is 5.49. The minimum absolute atomic E-state index is 0.00336. The summed E-state index contributed by atoms with van der Waals surface area (Å²) in [6, 6.07) is 0. The van der Waals surface area contributed by atoms with E-state index in [2.05, 4.69) is 15.6 Å². The number of aromatic nitrogens is 3. The first-order valence-corrected chi connectivity index (χ1v) is 5.56. The average Bonchev–Trinajstić information content (AvgIpc) is 2.77. The fourth-order valence-corrected chi connectivity index (χ4v) is 1.36. The summed E-state index contributed by atoms with van der Waals surface area (Å²) >= 11 is 0. The number of carbonyl (C=O) groups is 1. The first kappa shape index (κ1) is 12.6. The molecular formula is C10H19N5O. The fourth-order valence-electron chi connectivity index (χ4n) is 1.36. The molecule has 6 nitrogen and oxygen atoms in total. The second-order valence-electron chi connectivity index (χ2n) is 3.79. The van der Waals surface area contributed by atoms with Crippen molar-refractivity contribution >= 4 is 5.91 Å². The number of nitrogens with zero attached hydrogens (tertiary/aromatic N) is 3. The minimum atomic E-state index is -0.00336. The van der Waals surface area contributed by atoms with Crippen LogP contribution in [-0.4, -0.2) is 34.0 Å². The van der Waals surface area contributed by atoms with Crippen LogP contribution in [0.4, 0.5) is 0 Å². The van der Waals surface area contributed by atoms with Gasteiger partial charge in [0.25, 0.3) is 0 Å². The highest BCUT2D eigenvalue weighted by Crippen LogP contribution is 1.99. The molecule has 0 aromatic carbocycles. The molecule has 1 rings (SSSR count). The molecule has 3 N–H and O–H groups in total. The Morgan fingerprint density at radius 3 is 3.06 bits per heavy atom. The van der Waals surface area contributed by atoms with E-state index in [0.717, 1.165) is 19.4 Å². The van der Waals surface area contributed by atoms with Gasteiger partial charge in [0.05, 0.1) is 6.20 Å². The van der Waals surface area contributed by atoms with Gasteiger partial charge < -0.3 is 11.1 Å². The van der Waals surface area contributed by atoms with Crippen LogP contribution in [0.1, 0.15) is 19.8 Å². The summed E-state index contributed by atoms with van der Waals surface area (Å²) in [4.78, 5) is 11.5. The Labute approximate surface area is 95.2 Å². The van der Waals surface area contributed by atoms with E-state index in [9.17, 15) is 4.79 Å². The van der Waals surface area contributed by atoms with E-state index < -0.39 is 0 Å². The normalized spacial score (nSPS) is 12.4. The van der Waals surface area contributed by atoms with E-state index in [0.29, 0.717) is 13.1 Å². The van der Waals surface area contributed by atoms with Gasteiger partial charge in [0.1, 0.15) is 0 Å². The second kappa shape index (κ2) is 6.95. The molecule has 0 aliphatic rings. The highest BCUT2D eigenvalue weighted by Gasteiger charge is 2.10. The number of carbonyl (C=O) groups excluding carboxylic acids is 1. The zero-order chi connectivity index (χ0) is 11.8. The predicted octanol–water partition coefficient (Wildman–Crippen LogP) is -0.231. The molecule has 90 valence electrons. The number of nitrogens with two attached hydrogens (primary N) is 1. The molecule has 0 spiro atoms. The van der Waals surface area contributed by atoms with Crippen molar-refractivity contribution < 1.29 is 4.79 Å². The van der Waals surface area contributed by atoms with Crippen LogP contribution in [0.25, 0.3) is 0 Å². The first-order valence-electron chi connectivity index (χ1n) is 5.56. The van der Waals surface area contributed by atoms with E-state index in [1.165, 1.54) is 0 Å². The summed E-state index contributed by atoms with van der Waals surface area (Å²) in [5.41, 5.74) is 5.39. The Hall–Kier alpha value is -1.43. The van der Waals surface area contributed by atoms with E-state index in [-0.39, 0.29) is 11.8 Å². The topological polar surface area (TPSA) is 85.8 Å². The number of hydrogen-bond donors (Lipinski definition) is 2. The Balaban J connectivity index is 2.08. The Morgan fingerprint density at radius 2 is 2.44 bits per heavy atom. The number of hydrogen-bond acceptors (Lipinski definition) is 4. The third-order valence-corrected chi connectivity index (χ3v) is 2.38. The van der Waals surface area contributed by atoms with Gasteiger partial charge in [-0.1, -0.05) is 12.1 Å². The van der Waals surface area contributed by atoms with E-state index in [1.54, 1.807) is 17.1 Å². The number of aryl methyl sites for hydroxylation is 1. The summed E-state index contributed by atoms with van der Waals surface area (Å²) in [6.45, 7) is 3.87. The zero-order valence-electron chi connectivity index (χ0n) is 9.59. The van der Waals surface area contributed by atoms with Crippen molar-refractivity contribution in [1.29, 1.82) is 0 Å². The lowest BCUT2D eigenvalue weighted by atomic mass is 10.1. The zero-order valence-corrected chi connectivity index (χ0v) is 9.59. The van der Waals surface area contributed by atoms with Gasteiger partial charge in [-0.2, -0.15) is 0 Å². The SMILES string of the molecule is CC(CCN)C(=O)NCCCn1ccnn1. The van der Waals surface area contributed by atoms with Crippen LogP contribution in [0.15, 0.2) is 12.4 Å². The summed E-state index contributed by atoms with van der Waals surface area (Å²) < 4.78 is 1.75. The van der Waals surface area contributed by atoms with Crippen molar-refractivity contribution in [3.8, 4) is 0 Å². The van der Waals surface area contributed by atoms with Crippen LogP contribution < -0.4 is 11.1 Å². The van der Waals surface area contributed by atoms with E-state index in [4.69, 9.17) is 5.73 Å². The third kappa shape index (κ3) is 4.39. The monoisotopic (exact) mass is 225 g/mol. The first-order chi connectivity index (χ1) is 7.74. The maximum Gasteiger partial charge on any atom is 0.222 e. The molecule has 16 heavy (non-hydrogen) atoms. The van der Waals surface area contributed by atoms with E-state index >= 15 is 0 Å². The molecule has 0 aliphatic heterocycles. The maximum atomic E-state index is 11.5. The summed E-state index contributed by atoms with van der Waals surface area (Å²) in [7, 11) is 0. The number of rotatable bonds is 7. The maximum absolute atomic E-state index is 11.5. The minimum Gasteiger partial charge on any atom is -0.356 e. The van der Waals surface area contributed by atoms with Gasteiger partial charge in [0, 0.05) is 25.2 Å². The molecule has 1 unspecified atom stereocenters. The lowest BCUT2D eigenvalue weighted by Gasteiger charge is -2.10. The fraction of sp³-hybridized carbons (Fsp3) is 0.700. The van der Waals surface area contributed by atoms with Crippen LogP contribution in [0.3, 0.4) is 0 Å². The Morgan fingerprint density at radius 1 is 1.62 bits per heavy atom. The largest absolute Gasteiger partial charge is 0.356 e. The molecule has 1 aromatic rings. The van der Waals surface area contributed by atoms with Crippen LogP contribution in [0, 0.1) is 5.92 Å². The molecule has 1 amide bonds. The molecule has 1 heterocycles. The lowest BCUT2D eigenvalue weighted by molar-refractivity contribution is -0.124. The van der Waals surface area contributed by atoms with Crippen LogP contribution in [0.2, 0.25) is 0 Å². The predicted molar refractivity (Wildman–Crippen MR) is 60.5 cm³/mol. The van der Waals surface area contributed by atoms with Crippen molar-refractivity contribution in [2.75, 3.05) is 13.1 Å². The van der Waals surface area contributed by atoms with Gasteiger partial charge in [0.15, 0.2) is 0 Å². The molecule has 1 atom stereocenters. The average molecular weight is 225 g/mol. The molecule has 0 bridgehead atoms. The van der Waals surface area contributed by atoms with Crippen molar-refractivity contribution in [2.45, 2.75) is 26.3 Å². The molecule has 0 saturated heterocycles. The molecule has 1 aromatic heterocycles. The molecule has 0 radical (unpaired) electrons. The smallest absolute Gasteiger partial charge is 0.222 e. The summed E-state index contributed by atoms with van der Waals surface area (Å²) in [5.74, 6) is 0.0698. The Bertz CT molecular complexity index is 298. The van der Waals surface area contributed by atoms with Gasteiger partial charge in [-0.15, -0.1) is 5.10 Å². The molecular weight excluding hydrogens is 206 g/mol. The van der Waals surface area contributed by atoms with Gasteiger partial charge >= 0.3 is 0 Å². The van der Waals surface area contributed by atoms with Crippen LogP contribution in [0.5, 0.6) is 0 Å². The third-order valence-electron chi connectivity index (χ3n) is 2.38. The van der Waals surface area contributed by atoms with Gasteiger partial charge in [-0.05, 0) is 19.4 Å².